The molecule has 4 heteroatoms. The molecule has 1 aliphatic rings. The van der Waals surface area contributed by atoms with E-state index in [1.165, 1.54) is 0 Å². The number of thiol groups is 1. The van der Waals surface area contributed by atoms with Gasteiger partial charge in [-0.3, -0.25) is 4.79 Å². The summed E-state index contributed by atoms with van der Waals surface area (Å²) in [4.78, 5) is 11.6. The Balaban J connectivity index is 1.94. The Kier molecular flexibility index (Phi) is 6.21. The summed E-state index contributed by atoms with van der Waals surface area (Å²) in [6.07, 6.45) is 6.23. The Hall–Kier alpha value is -0.220. The molecule has 0 aliphatic heterocycles. The summed E-state index contributed by atoms with van der Waals surface area (Å²) in [6.45, 7) is 1.61. The Bertz CT molecular complexity index is 217. The molecule has 0 aromatic rings. The van der Waals surface area contributed by atoms with Crippen LogP contribution < -0.4 is 5.32 Å². The van der Waals surface area contributed by atoms with Gasteiger partial charge in [-0.15, -0.1) is 0 Å². The second-order valence-corrected chi connectivity index (χ2v) is 5.05. The van der Waals surface area contributed by atoms with Crippen LogP contribution in [0.1, 0.15) is 38.5 Å². The molecule has 0 bridgehead atoms. The molecule has 1 fully saturated rings. The van der Waals surface area contributed by atoms with E-state index in [1.54, 1.807) is 7.11 Å². The highest BCUT2D eigenvalue weighted by atomic mass is 32.1. The normalized spacial score (nSPS) is 17.1. The summed E-state index contributed by atoms with van der Waals surface area (Å²) in [5.41, 5.74) is 0.239. The van der Waals surface area contributed by atoms with Crippen LogP contribution in [0.25, 0.3) is 0 Å². The molecule has 0 unspecified atom stereocenters. The monoisotopic (exact) mass is 245 g/mol. The molecule has 0 saturated heterocycles. The predicted molar refractivity (Wildman–Crippen MR) is 68.9 cm³/mol. The lowest BCUT2D eigenvalue weighted by molar-refractivity contribution is -0.122. The van der Waals surface area contributed by atoms with E-state index < -0.39 is 0 Å². The fourth-order valence-corrected chi connectivity index (χ4v) is 2.17. The van der Waals surface area contributed by atoms with Crippen LogP contribution in [0.4, 0.5) is 0 Å². The molecule has 16 heavy (non-hydrogen) atoms. The minimum atomic E-state index is 0.193. The van der Waals surface area contributed by atoms with Crippen molar-refractivity contribution in [3.8, 4) is 0 Å². The highest BCUT2D eigenvalue weighted by Gasteiger charge is 2.42. The molecule has 0 aromatic heterocycles. The average molecular weight is 245 g/mol. The highest BCUT2D eigenvalue weighted by Crippen LogP contribution is 2.49. The summed E-state index contributed by atoms with van der Waals surface area (Å²) >= 11 is 4.29. The molecular formula is C12H23NO2S. The first-order chi connectivity index (χ1) is 7.72. The van der Waals surface area contributed by atoms with E-state index in [4.69, 9.17) is 4.74 Å². The van der Waals surface area contributed by atoms with Crippen LogP contribution in [0.15, 0.2) is 0 Å². The third kappa shape index (κ3) is 5.21. The molecule has 1 N–H and O–H groups in total. The maximum atomic E-state index is 11.6. The third-order valence-corrected chi connectivity index (χ3v) is 3.85. The number of carbonyl (C=O) groups is 1. The van der Waals surface area contributed by atoms with E-state index in [9.17, 15) is 4.79 Å². The number of unbranched alkanes of at least 4 members (excludes halogenated alkanes) is 2. The van der Waals surface area contributed by atoms with Gasteiger partial charge in [0.2, 0.25) is 5.91 Å². The van der Waals surface area contributed by atoms with Crippen LogP contribution in [0.3, 0.4) is 0 Å². The van der Waals surface area contributed by atoms with Crippen LogP contribution >= 0.6 is 12.6 Å². The van der Waals surface area contributed by atoms with E-state index in [0.29, 0.717) is 6.42 Å². The number of carbonyl (C=O) groups excluding carboxylic acids is 1. The summed E-state index contributed by atoms with van der Waals surface area (Å²) in [6, 6.07) is 0. The van der Waals surface area contributed by atoms with Crippen molar-refractivity contribution in [3.05, 3.63) is 0 Å². The largest absolute Gasteiger partial charge is 0.385 e. The van der Waals surface area contributed by atoms with Gasteiger partial charge in [0.25, 0.3) is 0 Å². The molecule has 0 radical (unpaired) electrons. The number of nitrogens with one attached hydrogen (secondary N) is 1. The quantitative estimate of drug-likeness (QED) is 0.482. The minimum absolute atomic E-state index is 0.193. The van der Waals surface area contributed by atoms with Gasteiger partial charge in [0, 0.05) is 26.7 Å². The van der Waals surface area contributed by atoms with E-state index in [0.717, 1.165) is 51.0 Å². The summed E-state index contributed by atoms with van der Waals surface area (Å²) in [5, 5.41) is 2.98. The number of rotatable bonds is 9. The zero-order valence-corrected chi connectivity index (χ0v) is 11.0. The Labute approximate surface area is 104 Å². The lowest BCUT2D eigenvalue weighted by atomic mass is 10.1. The molecule has 1 rings (SSSR count). The van der Waals surface area contributed by atoms with Crippen molar-refractivity contribution in [2.45, 2.75) is 38.5 Å². The molecule has 94 valence electrons. The van der Waals surface area contributed by atoms with Crippen molar-refractivity contribution < 1.29 is 9.53 Å². The van der Waals surface area contributed by atoms with Crippen LogP contribution in [0.5, 0.6) is 0 Å². The fourth-order valence-electron chi connectivity index (χ4n) is 1.75. The maximum Gasteiger partial charge on any atom is 0.220 e. The molecule has 0 spiro atoms. The lowest BCUT2D eigenvalue weighted by Crippen LogP contribution is -2.27. The van der Waals surface area contributed by atoms with Crippen molar-refractivity contribution in [2.24, 2.45) is 5.41 Å². The molecule has 0 atom stereocenters. The molecule has 1 amide bonds. The smallest absolute Gasteiger partial charge is 0.220 e. The van der Waals surface area contributed by atoms with Crippen LogP contribution in [0, 0.1) is 5.41 Å². The zero-order valence-electron chi connectivity index (χ0n) is 10.1. The Morgan fingerprint density at radius 2 is 2.12 bits per heavy atom. The number of amides is 1. The number of hydrogen-bond acceptors (Lipinski definition) is 3. The van der Waals surface area contributed by atoms with Crippen molar-refractivity contribution >= 4 is 18.5 Å². The average Bonchev–Trinajstić information content (AvgIpc) is 3.04. The van der Waals surface area contributed by atoms with Gasteiger partial charge in [0.05, 0.1) is 0 Å². The third-order valence-electron chi connectivity index (χ3n) is 3.18. The zero-order chi connectivity index (χ0) is 11.9. The summed E-state index contributed by atoms with van der Waals surface area (Å²) in [5.74, 6) is 1.03. The van der Waals surface area contributed by atoms with E-state index in [-0.39, 0.29) is 11.3 Å². The van der Waals surface area contributed by atoms with Gasteiger partial charge in [-0.05, 0) is 43.3 Å². The van der Waals surface area contributed by atoms with Crippen molar-refractivity contribution in [3.63, 3.8) is 0 Å². The van der Waals surface area contributed by atoms with E-state index in [1.807, 2.05) is 0 Å². The van der Waals surface area contributed by atoms with Gasteiger partial charge in [0.15, 0.2) is 0 Å². The summed E-state index contributed by atoms with van der Waals surface area (Å²) < 4.78 is 4.96. The van der Waals surface area contributed by atoms with Gasteiger partial charge in [-0.25, -0.2) is 0 Å². The predicted octanol–water partition coefficient (Wildman–Crippen LogP) is 2.02. The van der Waals surface area contributed by atoms with Crippen LogP contribution in [-0.4, -0.2) is 31.9 Å². The Morgan fingerprint density at radius 3 is 2.69 bits per heavy atom. The second kappa shape index (κ2) is 7.17. The number of methoxy groups -OCH3 is 1. The topological polar surface area (TPSA) is 38.3 Å². The molecule has 1 saturated carbocycles. The van der Waals surface area contributed by atoms with Crippen molar-refractivity contribution in [1.82, 2.24) is 5.32 Å². The highest BCUT2D eigenvalue weighted by molar-refractivity contribution is 7.80. The van der Waals surface area contributed by atoms with Gasteiger partial charge in [-0.2, -0.15) is 12.6 Å². The number of ether oxygens (including phenoxy) is 1. The first kappa shape index (κ1) is 13.8. The van der Waals surface area contributed by atoms with Crippen molar-refractivity contribution in [1.29, 1.82) is 0 Å². The Morgan fingerprint density at radius 1 is 1.38 bits per heavy atom. The number of hydrogen-bond donors (Lipinski definition) is 2. The van der Waals surface area contributed by atoms with Gasteiger partial charge < -0.3 is 10.1 Å². The molecule has 3 nitrogen and oxygen atoms in total. The van der Waals surface area contributed by atoms with Gasteiger partial charge in [0.1, 0.15) is 0 Å². The van der Waals surface area contributed by atoms with Crippen LogP contribution in [-0.2, 0) is 9.53 Å². The minimum Gasteiger partial charge on any atom is -0.385 e. The lowest BCUT2D eigenvalue weighted by Gasteiger charge is -2.11. The standard InChI is InChI=1S/C12H23NO2S/c1-15-8-4-2-3-7-13-11(14)9-12(10-16)5-6-12/h16H,2-10H2,1H3,(H,13,14). The van der Waals surface area contributed by atoms with Gasteiger partial charge in [-0.1, -0.05) is 0 Å². The van der Waals surface area contributed by atoms with Gasteiger partial charge >= 0.3 is 0 Å². The summed E-state index contributed by atoms with van der Waals surface area (Å²) in [7, 11) is 1.72. The first-order valence-corrected chi connectivity index (χ1v) is 6.72. The van der Waals surface area contributed by atoms with Crippen molar-refractivity contribution in [2.75, 3.05) is 26.0 Å². The molecular weight excluding hydrogens is 222 g/mol. The first-order valence-electron chi connectivity index (χ1n) is 6.09. The van der Waals surface area contributed by atoms with Crippen LogP contribution in [0.2, 0.25) is 0 Å². The maximum absolute atomic E-state index is 11.6. The van der Waals surface area contributed by atoms with E-state index >= 15 is 0 Å². The molecule has 1 aliphatic carbocycles. The fraction of sp³-hybridized carbons (Fsp3) is 0.917. The van der Waals surface area contributed by atoms with E-state index in [2.05, 4.69) is 17.9 Å². The SMILES string of the molecule is COCCCCCNC(=O)CC1(CS)CC1. The second-order valence-electron chi connectivity index (χ2n) is 4.74. The molecule has 0 aromatic carbocycles. The molecule has 0 heterocycles.